The Kier molecular flexibility index (Phi) is 4.46. The number of aryl methyl sites for hydroxylation is 1. The third-order valence-corrected chi connectivity index (χ3v) is 4.48. The molecule has 1 N–H and O–H groups in total. The van der Waals surface area contributed by atoms with Crippen molar-refractivity contribution in [3.63, 3.8) is 0 Å². The van der Waals surface area contributed by atoms with Gasteiger partial charge in [-0.05, 0) is 20.8 Å². The Morgan fingerprint density at radius 1 is 1.50 bits per heavy atom. The molecule has 0 aliphatic heterocycles. The van der Waals surface area contributed by atoms with E-state index in [0.717, 1.165) is 5.69 Å². The summed E-state index contributed by atoms with van der Waals surface area (Å²) in [7, 11) is -2.92. The molecule has 0 radical (unpaired) electrons. The highest BCUT2D eigenvalue weighted by Gasteiger charge is 2.16. The monoisotopic (exact) mass is 262 g/mol. The summed E-state index contributed by atoms with van der Waals surface area (Å²) in [6.07, 6.45) is 1.26. The van der Waals surface area contributed by atoms with Gasteiger partial charge in [-0.15, -0.1) is 11.3 Å². The zero-order chi connectivity index (χ0) is 12.3. The SMILES string of the molecule is Cc1ncsc1C(C)NC(C)CS(C)(=O)=O. The van der Waals surface area contributed by atoms with Crippen molar-refractivity contribution in [2.75, 3.05) is 12.0 Å². The molecule has 0 spiro atoms. The molecule has 1 heterocycles. The molecular weight excluding hydrogens is 244 g/mol. The highest BCUT2D eigenvalue weighted by molar-refractivity contribution is 7.90. The van der Waals surface area contributed by atoms with Crippen molar-refractivity contribution in [2.45, 2.75) is 32.9 Å². The van der Waals surface area contributed by atoms with Crippen molar-refractivity contribution in [1.29, 1.82) is 0 Å². The Hall–Kier alpha value is -0.460. The molecule has 16 heavy (non-hydrogen) atoms. The molecule has 0 bridgehead atoms. The van der Waals surface area contributed by atoms with Crippen LogP contribution in [0.1, 0.15) is 30.5 Å². The van der Waals surface area contributed by atoms with Crippen LogP contribution in [-0.2, 0) is 9.84 Å². The van der Waals surface area contributed by atoms with Gasteiger partial charge in [0.2, 0.25) is 0 Å². The number of hydrogen-bond acceptors (Lipinski definition) is 5. The smallest absolute Gasteiger partial charge is 0.148 e. The van der Waals surface area contributed by atoms with Gasteiger partial charge in [0.25, 0.3) is 0 Å². The number of nitrogens with one attached hydrogen (secondary N) is 1. The van der Waals surface area contributed by atoms with Gasteiger partial charge in [-0.2, -0.15) is 0 Å². The van der Waals surface area contributed by atoms with Gasteiger partial charge in [0.05, 0.1) is 17.0 Å². The number of sulfone groups is 1. The molecule has 0 amide bonds. The van der Waals surface area contributed by atoms with Gasteiger partial charge in [-0.3, -0.25) is 0 Å². The van der Waals surface area contributed by atoms with Crippen LogP contribution in [0.4, 0.5) is 0 Å². The van der Waals surface area contributed by atoms with Crippen LogP contribution in [0, 0.1) is 6.92 Å². The van der Waals surface area contributed by atoms with Crippen molar-refractivity contribution < 1.29 is 8.42 Å². The highest BCUT2D eigenvalue weighted by Crippen LogP contribution is 2.21. The van der Waals surface area contributed by atoms with Gasteiger partial charge >= 0.3 is 0 Å². The summed E-state index contributed by atoms with van der Waals surface area (Å²) in [6, 6.07) is 0.0933. The minimum Gasteiger partial charge on any atom is -0.306 e. The third kappa shape index (κ3) is 4.19. The lowest BCUT2D eigenvalue weighted by molar-refractivity contribution is 0.504. The first-order valence-electron chi connectivity index (χ1n) is 5.13. The van der Waals surface area contributed by atoms with E-state index in [0.29, 0.717) is 0 Å². The molecule has 1 aromatic rings. The third-order valence-electron chi connectivity index (χ3n) is 2.26. The number of aromatic nitrogens is 1. The van der Waals surface area contributed by atoms with Gasteiger partial charge in [-0.25, -0.2) is 13.4 Å². The number of thiazole rings is 1. The van der Waals surface area contributed by atoms with Crippen LogP contribution in [-0.4, -0.2) is 31.5 Å². The maximum Gasteiger partial charge on any atom is 0.148 e. The molecule has 0 fully saturated rings. The van der Waals surface area contributed by atoms with E-state index >= 15 is 0 Å². The number of hydrogen-bond donors (Lipinski definition) is 1. The fourth-order valence-corrected chi connectivity index (χ4v) is 3.56. The van der Waals surface area contributed by atoms with E-state index in [4.69, 9.17) is 0 Å². The molecule has 6 heteroatoms. The summed E-state index contributed by atoms with van der Waals surface area (Å²) in [5, 5.41) is 3.27. The first-order chi connectivity index (χ1) is 7.29. The lowest BCUT2D eigenvalue weighted by atomic mass is 10.2. The van der Waals surface area contributed by atoms with Gasteiger partial charge in [0.15, 0.2) is 0 Å². The van der Waals surface area contributed by atoms with E-state index in [1.807, 2.05) is 26.3 Å². The van der Waals surface area contributed by atoms with Gasteiger partial charge in [0, 0.05) is 23.2 Å². The summed E-state index contributed by atoms with van der Waals surface area (Å²) < 4.78 is 22.3. The summed E-state index contributed by atoms with van der Waals surface area (Å²) in [6.45, 7) is 5.87. The molecule has 0 aromatic carbocycles. The second-order valence-electron chi connectivity index (χ2n) is 4.18. The maximum absolute atomic E-state index is 11.1. The zero-order valence-corrected chi connectivity index (χ0v) is 11.7. The largest absolute Gasteiger partial charge is 0.306 e. The Morgan fingerprint density at radius 3 is 2.56 bits per heavy atom. The fraction of sp³-hybridized carbons (Fsp3) is 0.700. The van der Waals surface area contributed by atoms with Crippen LogP contribution in [0.3, 0.4) is 0 Å². The summed E-state index contributed by atoms with van der Waals surface area (Å²) in [5.74, 6) is 0.162. The molecule has 0 aliphatic rings. The first-order valence-corrected chi connectivity index (χ1v) is 8.07. The topological polar surface area (TPSA) is 59.1 Å². The summed E-state index contributed by atoms with van der Waals surface area (Å²) in [4.78, 5) is 5.35. The first kappa shape index (κ1) is 13.6. The number of rotatable bonds is 5. The predicted octanol–water partition coefficient (Wildman–Crippen LogP) is 1.54. The average Bonchev–Trinajstić information content (AvgIpc) is 2.47. The van der Waals surface area contributed by atoms with Crippen molar-refractivity contribution in [3.05, 3.63) is 16.1 Å². The Labute approximate surface area is 101 Å². The molecule has 2 unspecified atom stereocenters. The van der Waals surface area contributed by atoms with Crippen LogP contribution >= 0.6 is 11.3 Å². The van der Waals surface area contributed by atoms with E-state index in [2.05, 4.69) is 10.3 Å². The lowest BCUT2D eigenvalue weighted by Crippen LogP contribution is -2.34. The average molecular weight is 262 g/mol. The second kappa shape index (κ2) is 5.25. The normalized spacial score (nSPS) is 16.0. The van der Waals surface area contributed by atoms with Crippen molar-refractivity contribution in [3.8, 4) is 0 Å². The highest BCUT2D eigenvalue weighted by atomic mass is 32.2. The molecule has 1 aromatic heterocycles. The van der Waals surface area contributed by atoms with E-state index < -0.39 is 9.84 Å². The molecule has 4 nitrogen and oxygen atoms in total. The van der Waals surface area contributed by atoms with Gasteiger partial charge in [-0.1, -0.05) is 0 Å². The summed E-state index contributed by atoms with van der Waals surface area (Å²) >= 11 is 1.59. The standard InChI is InChI=1S/C10H18N2O2S2/c1-7(5-16(4,13)14)12-9(3)10-8(2)11-6-15-10/h6-7,9,12H,5H2,1-4H3. The molecule has 92 valence electrons. The Bertz CT molecular complexity index is 439. The molecule has 0 aliphatic carbocycles. The van der Waals surface area contributed by atoms with Crippen molar-refractivity contribution in [2.24, 2.45) is 0 Å². The van der Waals surface area contributed by atoms with E-state index in [1.165, 1.54) is 11.1 Å². The van der Waals surface area contributed by atoms with Crippen molar-refractivity contribution >= 4 is 21.2 Å². The number of nitrogens with zero attached hydrogens (tertiary/aromatic N) is 1. The van der Waals surface area contributed by atoms with Gasteiger partial charge < -0.3 is 5.32 Å². The zero-order valence-electron chi connectivity index (χ0n) is 10.0. The minimum absolute atomic E-state index is 0.0495. The van der Waals surface area contributed by atoms with E-state index in [-0.39, 0.29) is 17.8 Å². The van der Waals surface area contributed by atoms with Crippen LogP contribution < -0.4 is 5.32 Å². The van der Waals surface area contributed by atoms with Crippen LogP contribution in [0.25, 0.3) is 0 Å². The molecular formula is C10H18N2O2S2. The van der Waals surface area contributed by atoms with Crippen LogP contribution in [0.2, 0.25) is 0 Å². The quantitative estimate of drug-likeness (QED) is 0.874. The second-order valence-corrected chi connectivity index (χ2v) is 7.26. The van der Waals surface area contributed by atoms with Crippen LogP contribution in [0.15, 0.2) is 5.51 Å². The minimum atomic E-state index is -2.92. The fourth-order valence-electron chi connectivity index (χ4n) is 1.73. The summed E-state index contributed by atoms with van der Waals surface area (Å²) in [5.41, 5.74) is 2.82. The Balaban J connectivity index is 2.59. The van der Waals surface area contributed by atoms with E-state index in [1.54, 1.807) is 11.3 Å². The molecule has 0 saturated carbocycles. The lowest BCUT2D eigenvalue weighted by Gasteiger charge is -2.18. The molecule has 1 rings (SSSR count). The van der Waals surface area contributed by atoms with Crippen molar-refractivity contribution in [1.82, 2.24) is 10.3 Å². The van der Waals surface area contributed by atoms with E-state index in [9.17, 15) is 8.42 Å². The molecule has 2 atom stereocenters. The Morgan fingerprint density at radius 2 is 2.12 bits per heavy atom. The molecule has 0 saturated heterocycles. The predicted molar refractivity (Wildman–Crippen MR) is 67.6 cm³/mol. The maximum atomic E-state index is 11.1. The van der Waals surface area contributed by atoms with Crippen LogP contribution in [0.5, 0.6) is 0 Å². The van der Waals surface area contributed by atoms with Gasteiger partial charge in [0.1, 0.15) is 9.84 Å².